The van der Waals surface area contributed by atoms with Crippen molar-refractivity contribution in [2.75, 3.05) is 65.1 Å². The van der Waals surface area contributed by atoms with Gasteiger partial charge in [-0.3, -0.25) is 9.59 Å². The Balaban J connectivity index is 1.03. The Morgan fingerprint density at radius 3 is 2.28 bits per heavy atom. The summed E-state index contributed by atoms with van der Waals surface area (Å²) in [6.07, 6.45) is 11.2. The van der Waals surface area contributed by atoms with Crippen molar-refractivity contribution in [3.63, 3.8) is 0 Å². The normalized spacial score (nSPS) is 17.1. The van der Waals surface area contributed by atoms with Crippen LogP contribution < -0.4 is 26.0 Å². The van der Waals surface area contributed by atoms with Gasteiger partial charge in [0.25, 0.3) is 0 Å². The van der Waals surface area contributed by atoms with Gasteiger partial charge in [0.1, 0.15) is 23.7 Å². The number of rotatable bonds is 28. The van der Waals surface area contributed by atoms with Gasteiger partial charge in [-0.05, 0) is 61.9 Å². The summed E-state index contributed by atoms with van der Waals surface area (Å²) in [5.41, 5.74) is 1.22. The fraction of sp³-hybridized carbons (Fsp3) is 0.550. The van der Waals surface area contributed by atoms with E-state index in [1.165, 1.54) is 18.2 Å². The average Bonchev–Trinajstić information content (AvgIpc) is 3.75. The zero-order valence-electron chi connectivity index (χ0n) is 32.2. The van der Waals surface area contributed by atoms with Gasteiger partial charge in [0.15, 0.2) is 5.75 Å². The lowest BCUT2D eigenvalue weighted by Crippen LogP contribution is -2.36. The summed E-state index contributed by atoms with van der Waals surface area (Å²) in [4.78, 5) is 47.5. The van der Waals surface area contributed by atoms with E-state index in [4.69, 9.17) is 25.4 Å². The van der Waals surface area contributed by atoms with Gasteiger partial charge >= 0.3 is 12.0 Å². The predicted molar refractivity (Wildman–Crippen MR) is 215 cm³/mol. The van der Waals surface area contributed by atoms with Gasteiger partial charge in [-0.2, -0.15) is 11.8 Å². The fourth-order valence-electron chi connectivity index (χ4n) is 6.14. The van der Waals surface area contributed by atoms with Crippen molar-refractivity contribution in [3.05, 3.63) is 47.5 Å². The SMILES string of the molecule is C#CCCCC(=O)NCCCc1ccc(N=Nc2ccc(O)cc2OCCOCCOCCOCCNC(=O)CCCC[C@@H]2SC[C@@H]3NC(=O)N[C@@H]32)c(C(=O)O)c1. The number of fused-ring (bicyclic) bond motifs is 1. The van der Waals surface area contributed by atoms with E-state index < -0.39 is 5.97 Å². The highest BCUT2D eigenvalue weighted by Crippen LogP contribution is 2.34. The number of aromatic hydroxyl groups is 1. The van der Waals surface area contributed by atoms with Crippen molar-refractivity contribution in [1.82, 2.24) is 21.3 Å². The number of aromatic carboxylic acids is 1. The van der Waals surface area contributed by atoms with Crippen molar-refractivity contribution in [2.24, 2.45) is 10.2 Å². The first-order chi connectivity index (χ1) is 27.7. The number of unbranched alkanes of at least 4 members (excludes halogenated alkanes) is 2. The first-order valence-corrected chi connectivity index (χ1v) is 20.4. The number of terminal acetylenes is 1. The van der Waals surface area contributed by atoms with E-state index in [2.05, 4.69) is 37.4 Å². The van der Waals surface area contributed by atoms with E-state index in [0.717, 1.165) is 30.6 Å². The number of carbonyl (C=O) groups is 4. The number of carboxylic acid groups (broad SMARTS) is 1. The number of azo groups is 1. The highest BCUT2D eigenvalue weighted by molar-refractivity contribution is 8.00. The molecule has 4 rings (SSSR count). The summed E-state index contributed by atoms with van der Waals surface area (Å²) in [5.74, 6) is 2.45. The van der Waals surface area contributed by atoms with E-state index in [-0.39, 0.29) is 65.9 Å². The highest BCUT2D eigenvalue weighted by atomic mass is 32.2. The summed E-state index contributed by atoms with van der Waals surface area (Å²) < 4.78 is 22.4. The lowest BCUT2D eigenvalue weighted by atomic mass is 10.0. The molecule has 4 amide bonds. The number of phenols is 1. The molecule has 0 radical (unpaired) electrons. The molecule has 2 heterocycles. The molecule has 2 aromatic carbocycles. The van der Waals surface area contributed by atoms with Crippen LogP contribution >= 0.6 is 11.8 Å². The molecule has 0 bridgehead atoms. The van der Waals surface area contributed by atoms with E-state index >= 15 is 0 Å². The Hall–Kier alpha value is -4.89. The van der Waals surface area contributed by atoms with Crippen molar-refractivity contribution in [3.8, 4) is 23.8 Å². The Bertz CT molecular complexity index is 1690. The number of aryl methyl sites for hydroxylation is 1. The Kier molecular flexibility index (Phi) is 20.0. The summed E-state index contributed by atoms with van der Waals surface area (Å²) >= 11 is 1.88. The first-order valence-electron chi connectivity index (χ1n) is 19.4. The van der Waals surface area contributed by atoms with Crippen LogP contribution in [0.25, 0.3) is 0 Å². The maximum Gasteiger partial charge on any atom is 0.337 e. The number of benzene rings is 2. The first kappa shape index (κ1) is 44.8. The second kappa shape index (κ2) is 25.4. The number of urea groups is 1. The van der Waals surface area contributed by atoms with Crippen LogP contribution in [0.1, 0.15) is 67.3 Å². The summed E-state index contributed by atoms with van der Waals surface area (Å²) in [7, 11) is 0. The number of nitrogens with zero attached hydrogens (tertiary/aromatic N) is 2. The largest absolute Gasteiger partial charge is 0.508 e. The van der Waals surface area contributed by atoms with Crippen LogP contribution in [0.5, 0.6) is 11.5 Å². The maximum absolute atomic E-state index is 12.1. The predicted octanol–water partition coefficient (Wildman–Crippen LogP) is 4.63. The van der Waals surface area contributed by atoms with Gasteiger partial charge in [0.2, 0.25) is 11.8 Å². The molecule has 0 aliphatic carbocycles. The lowest BCUT2D eigenvalue weighted by Gasteiger charge is -2.16. The third-order valence-corrected chi connectivity index (χ3v) is 10.6. The number of hydrogen-bond donors (Lipinski definition) is 6. The zero-order chi connectivity index (χ0) is 40.7. The van der Waals surface area contributed by atoms with Gasteiger partial charge < -0.3 is 50.4 Å². The maximum atomic E-state index is 12.1. The number of carbonyl (C=O) groups excluding carboxylic acids is 3. The zero-order valence-corrected chi connectivity index (χ0v) is 33.0. The number of phenolic OH excluding ortho intramolecular Hbond substituents is 1. The topological polar surface area (TPSA) is 218 Å². The second-order valence-corrected chi connectivity index (χ2v) is 14.7. The molecule has 0 spiro atoms. The van der Waals surface area contributed by atoms with Gasteiger partial charge in [-0.25, -0.2) is 9.59 Å². The van der Waals surface area contributed by atoms with Gasteiger partial charge in [-0.15, -0.1) is 22.6 Å². The molecule has 3 atom stereocenters. The van der Waals surface area contributed by atoms with Gasteiger partial charge in [-0.1, -0.05) is 12.5 Å². The van der Waals surface area contributed by atoms with Crippen LogP contribution in [0.2, 0.25) is 0 Å². The van der Waals surface area contributed by atoms with Crippen LogP contribution in [0.3, 0.4) is 0 Å². The molecule has 2 saturated heterocycles. The number of ether oxygens (including phenoxy) is 4. The summed E-state index contributed by atoms with van der Waals surface area (Å²) in [5, 5.41) is 40.2. The molecule has 0 aromatic heterocycles. The van der Waals surface area contributed by atoms with E-state index in [9.17, 15) is 29.4 Å². The Labute approximate surface area is 337 Å². The number of hydrogen-bond acceptors (Lipinski definition) is 12. The van der Waals surface area contributed by atoms with Crippen LogP contribution in [0, 0.1) is 12.3 Å². The van der Waals surface area contributed by atoms with Crippen molar-refractivity contribution in [2.45, 2.75) is 75.1 Å². The van der Waals surface area contributed by atoms with E-state index in [0.29, 0.717) is 95.6 Å². The Morgan fingerprint density at radius 1 is 0.842 bits per heavy atom. The quantitative estimate of drug-likeness (QED) is 0.0301. The van der Waals surface area contributed by atoms with E-state index in [1.807, 2.05) is 11.8 Å². The smallest absolute Gasteiger partial charge is 0.337 e. The van der Waals surface area contributed by atoms with Gasteiger partial charge in [0.05, 0.1) is 57.3 Å². The highest BCUT2D eigenvalue weighted by Gasteiger charge is 2.42. The van der Waals surface area contributed by atoms with Crippen molar-refractivity contribution in [1.29, 1.82) is 0 Å². The van der Waals surface area contributed by atoms with Crippen LogP contribution in [0.4, 0.5) is 16.2 Å². The minimum Gasteiger partial charge on any atom is -0.508 e. The summed E-state index contributed by atoms with van der Waals surface area (Å²) in [6, 6.07) is 9.56. The molecule has 310 valence electrons. The second-order valence-electron chi connectivity index (χ2n) is 13.4. The minimum absolute atomic E-state index is 0.00483. The Morgan fingerprint density at radius 2 is 1.53 bits per heavy atom. The standard InChI is InChI=1S/C40H54N6O10S/c1-2-3-4-10-36(48)41-16-7-8-28-12-14-31(30(25-28)39(50)51)45-46-32-15-13-29(47)26-34(32)56-24-23-55-22-21-54-20-19-53-18-17-42-37(49)11-6-5-9-35-38-33(27-57-35)43-40(52)44-38/h1,12-15,25-26,33,35,38,47H,3-11,16-24,27H2,(H,41,48)(H,42,49)(H,50,51)(H2,43,44,52)/t33-,35-,38-/m0/s1. The molecule has 2 fully saturated rings. The molecule has 2 aromatic rings. The molecule has 6 N–H and O–H groups in total. The number of thioether (sulfide) groups is 1. The monoisotopic (exact) mass is 810 g/mol. The number of nitrogens with one attached hydrogen (secondary N) is 4. The summed E-state index contributed by atoms with van der Waals surface area (Å²) in [6.45, 7) is 3.12. The lowest BCUT2D eigenvalue weighted by molar-refractivity contribution is -0.122. The molecular formula is C40H54N6O10S. The number of carboxylic acids is 1. The average molecular weight is 811 g/mol. The van der Waals surface area contributed by atoms with Gasteiger partial charge in [0, 0.05) is 49.4 Å². The molecule has 17 heteroatoms. The van der Waals surface area contributed by atoms with Crippen LogP contribution in [0.15, 0.2) is 46.6 Å². The molecular weight excluding hydrogens is 757 g/mol. The molecule has 2 aliphatic heterocycles. The van der Waals surface area contributed by atoms with Crippen molar-refractivity contribution >= 4 is 47.0 Å². The third-order valence-electron chi connectivity index (χ3n) is 9.07. The molecule has 0 unspecified atom stereocenters. The van der Waals surface area contributed by atoms with Crippen LogP contribution in [-0.2, 0) is 30.2 Å². The molecule has 2 aliphatic rings. The van der Waals surface area contributed by atoms with E-state index in [1.54, 1.807) is 18.2 Å². The third kappa shape index (κ3) is 16.6. The minimum atomic E-state index is -1.15. The molecule has 16 nitrogen and oxygen atoms in total. The molecule has 0 saturated carbocycles. The fourth-order valence-corrected chi connectivity index (χ4v) is 7.69. The molecule has 57 heavy (non-hydrogen) atoms. The van der Waals surface area contributed by atoms with Crippen LogP contribution in [-0.4, -0.2) is 116 Å². The number of amides is 4. The van der Waals surface area contributed by atoms with Crippen molar-refractivity contribution < 1.29 is 48.3 Å².